The van der Waals surface area contributed by atoms with Crippen molar-refractivity contribution in [2.45, 2.75) is 18.1 Å². The molecule has 4 rings (SSSR count). The van der Waals surface area contributed by atoms with Gasteiger partial charge in [-0.3, -0.25) is 4.79 Å². The van der Waals surface area contributed by atoms with Crippen molar-refractivity contribution >= 4 is 28.6 Å². The standard InChI is InChI=1S/C27H27IO5/c1-30-23-12-8-21(9-13-23)27(20-6-4-3-5-7-20,22-10-14-24(31-2)15-11-22)32-18-25-19(17-28)16-26(29)33-25/h3-15,19,25H,16-18H2,1-2H3/t19-,25-/m1/s1. The van der Waals surface area contributed by atoms with Crippen LogP contribution in [-0.2, 0) is 19.9 Å². The molecule has 3 aromatic rings. The highest BCUT2D eigenvalue weighted by molar-refractivity contribution is 14.1. The number of esters is 1. The largest absolute Gasteiger partial charge is 0.497 e. The van der Waals surface area contributed by atoms with E-state index in [4.69, 9.17) is 18.9 Å². The van der Waals surface area contributed by atoms with E-state index in [1.165, 1.54) is 0 Å². The summed E-state index contributed by atoms with van der Waals surface area (Å²) < 4.78 is 24.1. The van der Waals surface area contributed by atoms with Crippen molar-refractivity contribution < 1.29 is 23.7 Å². The highest BCUT2D eigenvalue weighted by Crippen LogP contribution is 2.42. The van der Waals surface area contributed by atoms with Crippen LogP contribution in [0.5, 0.6) is 11.5 Å². The zero-order valence-corrected chi connectivity index (χ0v) is 20.9. The summed E-state index contributed by atoms with van der Waals surface area (Å²) >= 11 is 2.31. The molecule has 1 heterocycles. The molecule has 0 aromatic heterocycles. The first kappa shape index (κ1) is 23.6. The van der Waals surface area contributed by atoms with E-state index in [1.807, 2.05) is 66.7 Å². The predicted molar refractivity (Wildman–Crippen MR) is 135 cm³/mol. The van der Waals surface area contributed by atoms with Crippen molar-refractivity contribution in [1.29, 1.82) is 0 Å². The molecule has 0 N–H and O–H groups in total. The second-order valence-electron chi connectivity index (χ2n) is 7.96. The van der Waals surface area contributed by atoms with Crippen LogP contribution in [0.2, 0.25) is 0 Å². The highest BCUT2D eigenvalue weighted by atomic mass is 127. The summed E-state index contributed by atoms with van der Waals surface area (Å²) in [5.74, 6) is 1.51. The van der Waals surface area contributed by atoms with Crippen LogP contribution in [0.3, 0.4) is 0 Å². The smallest absolute Gasteiger partial charge is 0.306 e. The maximum absolute atomic E-state index is 12.0. The van der Waals surface area contributed by atoms with E-state index in [2.05, 4.69) is 34.7 Å². The molecule has 33 heavy (non-hydrogen) atoms. The third-order valence-corrected chi connectivity index (χ3v) is 7.20. The number of hydrogen-bond acceptors (Lipinski definition) is 5. The van der Waals surface area contributed by atoms with Crippen molar-refractivity contribution in [3.8, 4) is 11.5 Å². The van der Waals surface area contributed by atoms with E-state index in [9.17, 15) is 4.79 Å². The number of carbonyl (C=O) groups is 1. The minimum atomic E-state index is -0.912. The second kappa shape index (κ2) is 10.6. The van der Waals surface area contributed by atoms with Crippen LogP contribution in [0, 0.1) is 5.92 Å². The lowest BCUT2D eigenvalue weighted by Crippen LogP contribution is -2.37. The zero-order valence-electron chi connectivity index (χ0n) is 18.7. The van der Waals surface area contributed by atoms with E-state index in [0.29, 0.717) is 6.42 Å². The number of ether oxygens (including phenoxy) is 4. The van der Waals surface area contributed by atoms with Crippen molar-refractivity contribution in [2.24, 2.45) is 5.92 Å². The number of methoxy groups -OCH3 is 2. The average molecular weight is 558 g/mol. The predicted octanol–water partition coefficient (Wildman–Crippen LogP) is 5.38. The molecular weight excluding hydrogens is 531 g/mol. The number of carbonyl (C=O) groups excluding carboxylic acids is 1. The molecule has 1 aliphatic heterocycles. The van der Waals surface area contributed by atoms with Crippen LogP contribution in [0.15, 0.2) is 78.9 Å². The molecule has 0 unspecified atom stereocenters. The highest BCUT2D eigenvalue weighted by Gasteiger charge is 2.41. The molecule has 1 aliphatic rings. The summed E-state index contributed by atoms with van der Waals surface area (Å²) in [4.78, 5) is 12.0. The molecule has 5 nitrogen and oxygen atoms in total. The van der Waals surface area contributed by atoms with E-state index >= 15 is 0 Å². The fourth-order valence-electron chi connectivity index (χ4n) is 4.26. The summed E-state index contributed by atoms with van der Waals surface area (Å²) in [5, 5.41) is 0. The van der Waals surface area contributed by atoms with Crippen LogP contribution in [-0.4, -0.2) is 37.3 Å². The second-order valence-corrected chi connectivity index (χ2v) is 8.84. The van der Waals surface area contributed by atoms with Gasteiger partial charge in [-0.15, -0.1) is 0 Å². The molecule has 0 radical (unpaired) electrons. The molecule has 0 saturated carbocycles. The van der Waals surface area contributed by atoms with Gasteiger partial charge in [-0.05, 0) is 41.0 Å². The van der Waals surface area contributed by atoms with Gasteiger partial charge in [-0.1, -0.05) is 77.2 Å². The van der Waals surface area contributed by atoms with E-state index in [-0.39, 0.29) is 24.6 Å². The normalized spacial score (nSPS) is 18.1. The lowest BCUT2D eigenvalue weighted by Gasteiger charge is -2.37. The number of alkyl halides is 1. The molecule has 2 atom stereocenters. The molecule has 6 heteroatoms. The first-order chi connectivity index (χ1) is 16.1. The molecule has 1 fully saturated rings. The van der Waals surface area contributed by atoms with Gasteiger partial charge in [0.25, 0.3) is 0 Å². The minimum absolute atomic E-state index is 0.137. The third-order valence-electron chi connectivity index (χ3n) is 6.07. The molecule has 1 saturated heterocycles. The van der Waals surface area contributed by atoms with Gasteiger partial charge in [0, 0.05) is 10.3 Å². The number of hydrogen-bond donors (Lipinski definition) is 0. The fraction of sp³-hybridized carbons (Fsp3) is 0.296. The van der Waals surface area contributed by atoms with Gasteiger partial charge in [0.1, 0.15) is 23.2 Å². The van der Waals surface area contributed by atoms with Gasteiger partial charge in [0.05, 0.1) is 27.2 Å². The number of rotatable bonds is 9. The molecule has 0 aliphatic carbocycles. The summed E-state index contributed by atoms with van der Waals surface area (Å²) in [5.41, 5.74) is 1.98. The van der Waals surface area contributed by atoms with Gasteiger partial charge in [0.2, 0.25) is 0 Å². The molecule has 172 valence electrons. The van der Waals surface area contributed by atoms with E-state index < -0.39 is 5.60 Å². The third kappa shape index (κ3) is 4.87. The Morgan fingerprint density at radius 1 is 0.848 bits per heavy atom. The monoisotopic (exact) mass is 558 g/mol. The van der Waals surface area contributed by atoms with E-state index in [1.54, 1.807) is 14.2 Å². The summed E-state index contributed by atoms with van der Waals surface area (Å²) in [6.45, 7) is 0.284. The average Bonchev–Trinajstić information content (AvgIpc) is 3.25. The first-order valence-corrected chi connectivity index (χ1v) is 12.4. The lowest BCUT2D eigenvalue weighted by atomic mass is 9.80. The molecule has 0 spiro atoms. The van der Waals surface area contributed by atoms with Crippen LogP contribution >= 0.6 is 22.6 Å². The van der Waals surface area contributed by atoms with Gasteiger partial charge in [-0.25, -0.2) is 0 Å². The SMILES string of the molecule is COc1ccc(C(OC[C@H]2OC(=O)C[C@@H]2CI)(c2ccccc2)c2ccc(OC)cc2)cc1. The Morgan fingerprint density at radius 2 is 1.36 bits per heavy atom. The summed E-state index contributed by atoms with van der Waals surface area (Å²) in [6, 6.07) is 25.9. The maximum Gasteiger partial charge on any atom is 0.306 e. The van der Waals surface area contributed by atoms with Crippen LogP contribution in [0.25, 0.3) is 0 Å². The fourth-order valence-corrected chi connectivity index (χ4v) is 5.14. The number of halogens is 1. The Kier molecular flexibility index (Phi) is 7.55. The zero-order chi connectivity index (χ0) is 23.3. The van der Waals surface area contributed by atoms with Crippen molar-refractivity contribution in [2.75, 3.05) is 25.3 Å². The Labute approximate surface area is 208 Å². The topological polar surface area (TPSA) is 54.0 Å². The van der Waals surface area contributed by atoms with Gasteiger partial charge in [-0.2, -0.15) is 0 Å². The summed E-state index contributed by atoms with van der Waals surface area (Å²) in [7, 11) is 3.30. The summed E-state index contributed by atoms with van der Waals surface area (Å²) in [6.07, 6.45) is 0.148. The van der Waals surface area contributed by atoms with Gasteiger partial charge < -0.3 is 18.9 Å². The quantitative estimate of drug-likeness (QED) is 0.153. The molecular formula is C27H27IO5. The Balaban J connectivity index is 1.84. The van der Waals surface area contributed by atoms with Crippen molar-refractivity contribution in [3.05, 3.63) is 95.6 Å². The van der Waals surface area contributed by atoms with Crippen molar-refractivity contribution in [3.63, 3.8) is 0 Å². The van der Waals surface area contributed by atoms with Crippen molar-refractivity contribution in [1.82, 2.24) is 0 Å². The Hall–Kier alpha value is -2.58. The van der Waals surface area contributed by atoms with Gasteiger partial charge in [0.15, 0.2) is 0 Å². The van der Waals surface area contributed by atoms with Crippen LogP contribution in [0.4, 0.5) is 0 Å². The van der Waals surface area contributed by atoms with Gasteiger partial charge >= 0.3 is 5.97 Å². The number of benzene rings is 3. The Bertz CT molecular complexity index is 1000. The first-order valence-electron chi connectivity index (χ1n) is 10.8. The van der Waals surface area contributed by atoms with Crippen LogP contribution in [0.1, 0.15) is 23.1 Å². The number of cyclic esters (lactones) is 1. The lowest BCUT2D eigenvalue weighted by molar-refractivity contribution is -0.145. The Morgan fingerprint density at radius 3 is 1.85 bits per heavy atom. The molecule has 0 amide bonds. The van der Waals surface area contributed by atoms with Crippen LogP contribution < -0.4 is 9.47 Å². The molecule has 3 aromatic carbocycles. The molecule has 0 bridgehead atoms. The van der Waals surface area contributed by atoms with E-state index in [0.717, 1.165) is 32.6 Å². The maximum atomic E-state index is 12.0. The minimum Gasteiger partial charge on any atom is -0.497 e.